The van der Waals surface area contributed by atoms with E-state index in [0.717, 1.165) is 33.5 Å². The first-order valence-electron chi connectivity index (χ1n) is 6.65. The lowest BCUT2D eigenvalue weighted by atomic mass is 10.0. The third-order valence-electron chi connectivity index (χ3n) is 3.47. The Hall–Kier alpha value is -2.99. The van der Waals surface area contributed by atoms with Crippen LogP contribution >= 0.6 is 0 Å². The molecule has 3 heteroatoms. The molecule has 21 heavy (non-hydrogen) atoms. The number of rotatable bonds is 2. The lowest BCUT2D eigenvalue weighted by Crippen LogP contribution is -1.92. The number of hydrogen-bond donors (Lipinski definition) is 1. The Morgan fingerprint density at radius 3 is 2.48 bits per heavy atom. The van der Waals surface area contributed by atoms with Crippen LogP contribution in [0.4, 0.5) is 5.69 Å². The second-order valence-electron chi connectivity index (χ2n) is 4.89. The maximum absolute atomic E-state index is 9.18. The summed E-state index contributed by atoms with van der Waals surface area (Å²) in [7, 11) is 0. The van der Waals surface area contributed by atoms with Crippen LogP contribution < -0.4 is 10.5 Å². The molecular formula is C18H14N2O. The van der Waals surface area contributed by atoms with Gasteiger partial charge in [-0.05, 0) is 42.8 Å². The molecule has 0 atom stereocenters. The van der Waals surface area contributed by atoms with Crippen LogP contribution in [0.1, 0.15) is 11.1 Å². The Kier molecular flexibility index (Phi) is 3.21. The zero-order valence-electron chi connectivity index (χ0n) is 11.6. The SMILES string of the molecule is Cc1cc(Oc2ccc(C#N)c3ccccc23)ccc1N. The van der Waals surface area contributed by atoms with Gasteiger partial charge in [0.05, 0.1) is 11.6 Å². The summed E-state index contributed by atoms with van der Waals surface area (Å²) in [4.78, 5) is 0. The van der Waals surface area contributed by atoms with Crippen molar-refractivity contribution in [2.75, 3.05) is 5.73 Å². The van der Waals surface area contributed by atoms with Crippen molar-refractivity contribution in [1.82, 2.24) is 0 Å². The molecule has 0 aliphatic carbocycles. The molecule has 2 N–H and O–H groups in total. The smallest absolute Gasteiger partial charge is 0.135 e. The molecule has 0 spiro atoms. The number of ether oxygens (including phenoxy) is 1. The lowest BCUT2D eigenvalue weighted by molar-refractivity contribution is 0.488. The summed E-state index contributed by atoms with van der Waals surface area (Å²) in [6.07, 6.45) is 0. The summed E-state index contributed by atoms with van der Waals surface area (Å²) >= 11 is 0. The van der Waals surface area contributed by atoms with Gasteiger partial charge in [0.1, 0.15) is 11.5 Å². The first-order valence-corrected chi connectivity index (χ1v) is 6.65. The topological polar surface area (TPSA) is 59.0 Å². The average molecular weight is 274 g/mol. The zero-order chi connectivity index (χ0) is 14.8. The number of fused-ring (bicyclic) bond motifs is 1. The Bertz CT molecular complexity index is 863. The van der Waals surface area contributed by atoms with E-state index in [1.807, 2.05) is 55.5 Å². The van der Waals surface area contributed by atoms with Gasteiger partial charge in [0.15, 0.2) is 0 Å². The van der Waals surface area contributed by atoms with Crippen LogP contribution in [0.2, 0.25) is 0 Å². The molecule has 0 aliphatic rings. The fourth-order valence-corrected chi connectivity index (χ4v) is 2.30. The molecule has 0 radical (unpaired) electrons. The summed E-state index contributed by atoms with van der Waals surface area (Å²) in [5.41, 5.74) is 8.18. The molecule has 0 unspecified atom stereocenters. The van der Waals surface area contributed by atoms with Gasteiger partial charge in [0.2, 0.25) is 0 Å². The van der Waals surface area contributed by atoms with Crippen LogP contribution in [0.15, 0.2) is 54.6 Å². The van der Waals surface area contributed by atoms with E-state index in [1.165, 1.54) is 0 Å². The van der Waals surface area contributed by atoms with Crippen LogP contribution in [0.3, 0.4) is 0 Å². The molecule has 3 nitrogen and oxygen atoms in total. The third kappa shape index (κ3) is 2.39. The van der Waals surface area contributed by atoms with Gasteiger partial charge in [-0.2, -0.15) is 5.26 Å². The van der Waals surface area contributed by atoms with Crippen molar-refractivity contribution in [3.05, 3.63) is 65.7 Å². The molecule has 0 amide bonds. The van der Waals surface area contributed by atoms with Crippen LogP contribution in [-0.4, -0.2) is 0 Å². The highest BCUT2D eigenvalue weighted by Crippen LogP contribution is 2.32. The predicted molar refractivity (Wildman–Crippen MR) is 84.3 cm³/mol. The molecule has 0 fully saturated rings. The summed E-state index contributed by atoms with van der Waals surface area (Å²) in [6, 6.07) is 19.1. The highest BCUT2D eigenvalue weighted by atomic mass is 16.5. The quantitative estimate of drug-likeness (QED) is 0.705. The van der Waals surface area contributed by atoms with Crippen molar-refractivity contribution in [2.24, 2.45) is 0 Å². The molecule has 0 saturated heterocycles. The van der Waals surface area contributed by atoms with E-state index in [9.17, 15) is 5.26 Å². The normalized spacial score (nSPS) is 10.3. The molecule has 0 bridgehead atoms. The van der Waals surface area contributed by atoms with E-state index in [-0.39, 0.29) is 0 Å². The standard InChI is InChI=1S/C18H14N2O/c1-12-10-14(7-8-17(12)20)21-18-9-6-13(11-19)15-4-2-3-5-16(15)18/h2-10H,20H2,1H3. The number of nitrogens with zero attached hydrogens (tertiary/aromatic N) is 1. The zero-order valence-corrected chi connectivity index (χ0v) is 11.6. The van der Waals surface area contributed by atoms with E-state index in [1.54, 1.807) is 6.07 Å². The number of nitrogens with two attached hydrogens (primary N) is 1. The second kappa shape index (κ2) is 5.18. The van der Waals surface area contributed by atoms with Gasteiger partial charge < -0.3 is 10.5 Å². The predicted octanol–water partition coefficient (Wildman–Crippen LogP) is 4.39. The maximum atomic E-state index is 9.18. The molecule has 0 heterocycles. The highest BCUT2D eigenvalue weighted by molar-refractivity contribution is 5.92. The Labute approximate surface area is 123 Å². The minimum atomic E-state index is 0.645. The first-order chi connectivity index (χ1) is 10.2. The maximum Gasteiger partial charge on any atom is 0.135 e. The van der Waals surface area contributed by atoms with Crippen LogP contribution in [0.25, 0.3) is 10.8 Å². The number of hydrogen-bond acceptors (Lipinski definition) is 3. The summed E-state index contributed by atoms with van der Waals surface area (Å²) in [6.45, 7) is 1.94. The Morgan fingerprint density at radius 2 is 1.76 bits per heavy atom. The fourth-order valence-electron chi connectivity index (χ4n) is 2.30. The number of nitriles is 1. The van der Waals surface area contributed by atoms with Gasteiger partial charge in [-0.25, -0.2) is 0 Å². The minimum Gasteiger partial charge on any atom is -0.457 e. The van der Waals surface area contributed by atoms with Crippen molar-refractivity contribution in [1.29, 1.82) is 5.26 Å². The van der Waals surface area contributed by atoms with Crippen LogP contribution in [0.5, 0.6) is 11.5 Å². The summed E-state index contributed by atoms with van der Waals surface area (Å²) < 4.78 is 5.96. The number of benzene rings is 3. The third-order valence-corrected chi connectivity index (χ3v) is 3.47. The van der Waals surface area contributed by atoms with E-state index >= 15 is 0 Å². The van der Waals surface area contributed by atoms with Gasteiger partial charge in [0.25, 0.3) is 0 Å². The first kappa shape index (κ1) is 13.0. The van der Waals surface area contributed by atoms with Crippen LogP contribution in [-0.2, 0) is 0 Å². The van der Waals surface area contributed by atoms with Gasteiger partial charge in [-0.15, -0.1) is 0 Å². The average Bonchev–Trinajstić information content (AvgIpc) is 2.51. The molecule has 3 aromatic rings. The molecule has 0 aliphatic heterocycles. The van der Waals surface area contributed by atoms with Crippen molar-refractivity contribution >= 4 is 16.5 Å². The van der Waals surface area contributed by atoms with Gasteiger partial charge in [-0.1, -0.05) is 24.3 Å². The van der Waals surface area contributed by atoms with Gasteiger partial charge in [-0.3, -0.25) is 0 Å². The fraction of sp³-hybridized carbons (Fsp3) is 0.0556. The Balaban J connectivity index is 2.09. The molecular weight excluding hydrogens is 260 g/mol. The van der Waals surface area contributed by atoms with E-state index in [4.69, 9.17) is 10.5 Å². The number of anilines is 1. The molecule has 3 aromatic carbocycles. The monoisotopic (exact) mass is 274 g/mol. The van der Waals surface area contributed by atoms with Crippen molar-refractivity contribution in [3.8, 4) is 17.6 Å². The van der Waals surface area contributed by atoms with E-state index in [2.05, 4.69) is 6.07 Å². The Morgan fingerprint density at radius 1 is 1.00 bits per heavy atom. The summed E-state index contributed by atoms with van der Waals surface area (Å²) in [5.74, 6) is 1.46. The van der Waals surface area contributed by atoms with Gasteiger partial charge >= 0.3 is 0 Å². The number of aryl methyl sites for hydroxylation is 1. The van der Waals surface area contributed by atoms with E-state index < -0.39 is 0 Å². The van der Waals surface area contributed by atoms with Crippen molar-refractivity contribution in [3.63, 3.8) is 0 Å². The molecule has 0 aromatic heterocycles. The number of nitrogen functional groups attached to an aromatic ring is 1. The lowest BCUT2D eigenvalue weighted by Gasteiger charge is -2.11. The van der Waals surface area contributed by atoms with Crippen molar-refractivity contribution in [2.45, 2.75) is 6.92 Å². The molecule has 3 rings (SSSR count). The van der Waals surface area contributed by atoms with Gasteiger partial charge in [0, 0.05) is 16.5 Å². The second-order valence-corrected chi connectivity index (χ2v) is 4.89. The summed E-state index contributed by atoms with van der Waals surface area (Å²) in [5, 5.41) is 11.0. The largest absolute Gasteiger partial charge is 0.457 e. The van der Waals surface area contributed by atoms with E-state index in [0.29, 0.717) is 5.56 Å². The van der Waals surface area contributed by atoms with Crippen LogP contribution in [0, 0.1) is 18.3 Å². The minimum absolute atomic E-state index is 0.645. The molecule has 102 valence electrons. The molecule has 0 saturated carbocycles. The highest BCUT2D eigenvalue weighted by Gasteiger charge is 2.07. The van der Waals surface area contributed by atoms with Crippen molar-refractivity contribution < 1.29 is 4.74 Å².